The molecule has 3 atom stereocenters. The number of nitrogens with one attached hydrogen (secondary N) is 1. The fourth-order valence-electron chi connectivity index (χ4n) is 8.17. The molecule has 0 saturated carbocycles. The van der Waals surface area contributed by atoms with Gasteiger partial charge in [0.05, 0.1) is 39.9 Å². The van der Waals surface area contributed by atoms with Crippen LogP contribution in [-0.4, -0.2) is 73.4 Å². The third kappa shape index (κ3) is 50.4. The van der Waals surface area contributed by atoms with E-state index in [1.165, 1.54) is 205 Å². The highest BCUT2D eigenvalue weighted by Crippen LogP contribution is 2.43. The normalized spacial score (nSPS) is 14.3. The van der Waals surface area contributed by atoms with Crippen molar-refractivity contribution >= 4 is 13.7 Å². The first-order valence-electron chi connectivity index (χ1n) is 27.9. The molecule has 0 aromatic rings. The Bertz CT molecular complexity index is 1150. The summed E-state index contributed by atoms with van der Waals surface area (Å²) in [4.78, 5) is 23.3. The molecule has 8 nitrogen and oxygen atoms in total. The second kappa shape index (κ2) is 47.8. The number of likely N-dealkylation sites (N-methyl/N-ethyl adjacent to an activating group) is 1. The Morgan fingerprint density at radius 1 is 0.508 bits per heavy atom. The van der Waals surface area contributed by atoms with Gasteiger partial charge in [-0.05, 0) is 57.8 Å². The SMILES string of the molecule is CCCCCCCCCCCCCC/C=C\CCCCCCCCCCC(=O)NC(COP(=O)(O)OCC[N+](C)(C)C)C(O)/C=C/CC/C=C/CCCCCCCCCCCCCCC. The minimum Gasteiger partial charge on any atom is -0.387 e. The van der Waals surface area contributed by atoms with Crippen molar-refractivity contribution in [1.29, 1.82) is 0 Å². The van der Waals surface area contributed by atoms with Gasteiger partial charge in [-0.2, -0.15) is 0 Å². The maximum absolute atomic E-state index is 13.0. The first kappa shape index (κ1) is 63.7. The van der Waals surface area contributed by atoms with Crippen molar-refractivity contribution in [2.24, 2.45) is 0 Å². The van der Waals surface area contributed by atoms with Crippen molar-refractivity contribution in [3.05, 3.63) is 36.5 Å². The quantitative estimate of drug-likeness (QED) is 0.0243. The number of hydrogen-bond acceptors (Lipinski definition) is 5. The Hall–Kier alpha value is -1.28. The molecule has 0 aliphatic carbocycles. The number of aliphatic hydroxyl groups excluding tert-OH is 1. The summed E-state index contributed by atoms with van der Waals surface area (Å²) < 4.78 is 23.7. The van der Waals surface area contributed by atoms with Gasteiger partial charge in [-0.15, -0.1) is 0 Å². The second-order valence-electron chi connectivity index (χ2n) is 20.3. The number of allylic oxidation sites excluding steroid dienone is 5. The van der Waals surface area contributed by atoms with Crippen LogP contribution in [0.1, 0.15) is 264 Å². The smallest absolute Gasteiger partial charge is 0.387 e. The standard InChI is InChI=1S/C56H109N2O6P/c1-6-8-10-12-14-16-18-20-22-24-26-27-28-29-30-32-34-36-38-40-42-44-46-48-50-56(60)57-54(53-64-65(61,62)63-52-51-58(3,4)5)55(59)49-47-45-43-41-39-37-35-33-31-25-23-21-19-17-15-13-11-9-7-2/h29-30,39,41,47,49,54-55,59H,6-28,31-38,40,42-46,48,50-53H2,1-5H3,(H-,57,60,61,62)/p+1/b30-29-,41-39+,49-47+. The lowest BCUT2D eigenvalue weighted by atomic mass is 10.0. The van der Waals surface area contributed by atoms with Crippen LogP contribution in [0.15, 0.2) is 36.5 Å². The fraction of sp³-hybridized carbons (Fsp3) is 0.875. The van der Waals surface area contributed by atoms with Crippen LogP contribution in [0.25, 0.3) is 0 Å². The van der Waals surface area contributed by atoms with Crippen LogP contribution in [0.4, 0.5) is 0 Å². The third-order valence-electron chi connectivity index (χ3n) is 12.6. The number of phosphoric acid groups is 1. The molecule has 0 aromatic carbocycles. The van der Waals surface area contributed by atoms with Crippen LogP contribution in [0.2, 0.25) is 0 Å². The second-order valence-corrected chi connectivity index (χ2v) is 21.8. The van der Waals surface area contributed by atoms with Crippen molar-refractivity contribution < 1.29 is 32.9 Å². The lowest BCUT2D eigenvalue weighted by Gasteiger charge is -2.25. The van der Waals surface area contributed by atoms with Gasteiger partial charge in [-0.1, -0.05) is 237 Å². The third-order valence-corrected chi connectivity index (χ3v) is 13.6. The molecule has 0 spiro atoms. The Labute approximate surface area is 404 Å². The summed E-state index contributed by atoms with van der Waals surface area (Å²) in [6.07, 6.45) is 61.0. The van der Waals surface area contributed by atoms with E-state index in [2.05, 4.69) is 43.5 Å². The number of unbranched alkanes of at least 4 members (excludes halogenated alkanes) is 34. The van der Waals surface area contributed by atoms with Crippen molar-refractivity contribution in [1.82, 2.24) is 5.32 Å². The zero-order valence-electron chi connectivity index (χ0n) is 43.7. The zero-order chi connectivity index (χ0) is 47.8. The maximum atomic E-state index is 13.0. The lowest BCUT2D eigenvalue weighted by molar-refractivity contribution is -0.870. The number of nitrogens with zero attached hydrogens (tertiary/aromatic N) is 1. The molecule has 0 aliphatic rings. The van der Waals surface area contributed by atoms with Gasteiger partial charge in [-0.25, -0.2) is 4.57 Å². The van der Waals surface area contributed by atoms with Crippen LogP contribution >= 0.6 is 7.82 Å². The molecular formula is C56H110N2O6P+. The topological polar surface area (TPSA) is 105 Å². The van der Waals surface area contributed by atoms with Crippen LogP contribution in [0.3, 0.4) is 0 Å². The van der Waals surface area contributed by atoms with Crippen molar-refractivity contribution in [2.45, 2.75) is 276 Å². The van der Waals surface area contributed by atoms with Gasteiger partial charge in [0.2, 0.25) is 5.91 Å². The summed E-state index contributed by atoms with van der Waals surface area (Å²) in [6, 6.07) is -0.864. The molecule has 384 valence electrons. The van der Waals surface area contributed by atoms with E-state index in [4.69, 9.17) is 9.05 Å². The summed E-state index contributed by atoms with van der Waals surface area (Å²) in [5, 5.41) is 13.9. The number of carbonyl (C=O) groups excluding carboxylic acids is 1. The number of phosphoric ester groups is 1. The highest BCUT2D eigenvalue weighted by Gasteiger charge is 2.27. The van der Waals surface area contributed by atoms with Gasteiger partial charge in [0.25, 0.3) is 0 Å². The molecule has 9 heteroatoms. The van der Waals surface area contributed by atoms with E-state index in [0.29, 0.717) is 17.4 Å². The molecular weight excluding hydrogens is 828 g/mol. The van der Waals surface area contributed by atoms with Crippen molar-refractivity contribution in [2.75, 3.05) is 40.9 Å². The Morgan fingerprint density at radius 2 is 0.846 bits per heavy atom. The summed E-state index contributed by atoms with van der Waals surface area (Å²) >= 11 is 0. The Morgan fingerprint density at radius 3 is 1.23 bits per heavy atom. The summed E-state index contributed by atoms with van der Waals surface area (Å²) in [5.41, 5.74) is 0. The number of rotatable bonds is 51. The fourth-order valence-corrected chi connectivity index (χ4v) is 8.91. The van der Waals surface area contributed by atoms with Gasteiger partial charge in [0.1, 0.15) is 13.2 Å². The van der Waals surface area contributed by atoms with E-state index < -0.39 is 20.0 Å². The lowest BCUT2D eigenvalue weighted by Crippen LogP contribution is -2.45. The van der Waals surface area contributed by atoms with Crippen LogP contribution in [-0.2, 0) is 18.4 Å². The van der Waals surface area contributed by atoms with Gasteiger partial charge >= 0.3 is 7.82 Å². The first-order chi connectivity index (χ1) is 31.5. The van der Waals surface area contributed by atoms with Crippen molar-refractivity contribution in [3.8, 4) is 0 Å². The van der Waals surface area contributed by atoms with Crippen LogP contribution < -0.4 is 5.32 Å². The molecule has 0 fully saturated rings. The molecule has 0 bridgehead atoms. The molecule has 0 heterocycles. The van der Waals surface area contributed by atoms with Crippen LogP contribution in [0.5, 0.6) is 0 Å². The molecule has 0 aliphatic heterocycles. The highest BCUT2D eigenvalue weighted by atomic mass is 31.2. The minimum atomic E-state index is -4.35. The molecule has 0 saturated heterocycles. The number of amides is 1. The monoisotopic (exact) mass is 938 g/mol. The first-order valence-corrected chi connectivity index (χ1v) is 29.4. The van der Waals surface area contributed by atoms with E-state index in [9.17, 15) is 19.4 Å². The molecule has 3 unspecified atom stereocenters. The summed E-state index contributed by atoms with van der Waals surface area (Å²) in [6.45, 7) is 4.82. The highest BCUT2D eigenvalue weighted by molar-refractivity contribution is 7.47. The number of quaternary nitrogens is 1. The summed E-state index contributed by atoms with van der Waals surface area (Å²) in [7, 11) is 1.56. The van der Waals surface area contributed by atoms with Gasteiger partial charge < -0.3 is 19.8 Å². The minimum absolute atomic E-state index is 0.0561. The average Bonchev–Trinajstić information content (AvgIpc) is 3.26. The van der Waals surface area contributed by atoms with E-state index in [1.54, 1.807) is 6.08 Å². The predicted molar refractivity (Wildman–Crippen MR) is 281 cm³/mol. The number of aliphatic hydroxyl groups is 1. The van der Waals surface area contributed by atoms with Crippen LogP contribution in [0, 0.1) is 0 Å². The molecule has 0 rings (SSSR count). The van der Waals surface area contributed by atoms with E-state index >= 15 is 0 Å². The van der Waals surface area contributed by atoms with Gasteiger partial charge in [-0.3, -0.25) is 13.8 Å². The van der Waals surface area contributed by atoms with E-state index in [0.717, 1.165) is 38.5 Å². The van der Waals surface area contributed by atoms with Gasteiger partial charge in [0, 0.05) is 6.42 Å². The van der Waals surface area contributed by atoms with E-state index in [1.807, 2.05) is 27.2 Å². The van der Waals surface area contributed by atoms with E-state index in [-0.39, 0.29) is 19.1 Å². The predicted octanol–water partition coefficient (Wildman–Crippen LogP) is 16.6. The molecule has 3 N–H and O–H groups in total. The zero-order valence-corrected chi connectivity index (χ0v) is 44.6. The van der Waals surface area contributed by atoms with Gasteiger partial charge in [0.15, 0.2) is 0 Å². The average molecular weight is 938 g/mol. The number of hydrogen-bond donors (Lipinski definition) is 3. The van der Waals surface area contributed by atoms with Crippen molar-refractivity contribution in [3.63, 3.8) is 0 Å². The molecule has 0 aromatic heterocycles. The molecule has 0 radical (unpaired) electrons. The molecule has 65 heavy (non-hydrogen) atoms. The largest absolute Gasteiger partial charge is 0.472 e. The maximum Gasteiger partial charge on any atom is 0.472 e. The number of carbonyl (C=O) groups is 1. The Balaban J connectivity index is 4.27. The molecule has 1 amide bonds. The Kier molecular flexibility index (Phi) is 46.8. The summed E-state index contributed by atoms with van der Waals surface area (Å²) in [5.74, 6) is -0.187.